The molecule has 4 aromatic rings. The summed E-state index contributed by atoms with van der Waals surface area (Å²) in [7, 11) is 0. The van der Waals surface area contributed by atoms with Crippen molar-refractivity contribution in [1.29, 1.82) is 0 Å². The maximum Gasteiger partial charge on any atom is 0.261 e. The zero-order chi connectivity index (χ0) is 26.1. The molecule has 1 fully saturated rings. The molecule has 0 bridgehead atoms. The van der Waals surface area contributed by atoms with E-state index in [1.54, 1.807) is 18.3 Å². The van der Waals surface area contributed by atoms with Gasteiger partial charge in [-0.2, -0.15) is 0 Å². The Labute approximate surface area is 220 Å². The van der Waals surface area contributed by atoms with Crippen molar-refractivity contribution in [1.82, 2.24) is 15.0 Å². The standard InChI is InChI=1S/C28H32ClN5O3/c1-4-20-15-34(9-10-37-20)19-11-17(3)26-23(13-19)32-27(33-26)25-22(7-8-30-28(25)36)31-14-24(35)18-6-5-16(2)21(29)12-18/h5-8,11-13,20,24,35H,4,9-10,14-15H2,1-3H3,(H,32,33)(H2,30,31,36)/t20?,24-/m1/s1. The van der Waals surface area contributed by atoms with E-state index in [1.165, 1.54) is 0 Å². The minimum Gasteiger partial charge on any atom is -0.387 e. The molecular weight excluding hydrogens is 490 g/mol. The maximum atomic E-state index is 12.9. The van der Waals surface area contributed by atoms with Crippen LogP contribution in [0.1, 0.15) is 36.1 Å². The Morgan fingerprint density at radius 2 is 2.08 bits per heavy atom. The van der Waals surface area contributed by atoms with E-state index in [4.69, 9.17) is 21.3 Å². The van der Waals surface area contributed by atoms with Crippen molar-refractivity contribution < 1.29 is 9.84 Å². The summed E-state index contributed by atoms with van der Waals surface area (Å²) >= 11 is 6.23. The molecule has 1 saturated heterocycles. The van der Waals surface area contributed by atoms with Crippen LogP contribution in [-0.2, 0) is 4.74 Å². The summed E-state index contributed by atoms with van der Waals surface area (Å²) in [6.07, 6.45) is 1.98. The van der Waals surface area contributed by atoms with Gasteiger partial charge in [0.2, 0.25) is 0 Å². The number of ether oxygens (including phenoxy) is 1. The maximum absolute atomic E-state index is 12.9. The van der Waals surface area contributed by atoms with Crippen LogP contribution in [0.3, 0.4) is 0 Å². The van der Waals surface area contributed by atoms with Crippen LogP contribution in [0.4, 0.5) is 11.4 Å². The summed E-state index contributed by atoms with van der Waals surface area (Å²) < 4.78 is 5.83. The lowest BCUT2D eigenvalue weighted by atomic mass is 10.1. The number of aryl methyl sites for hydroxylation is 2. The van der Waals surface area contributed by atoms with E-state index in [9.17, 15) is 9.90 Å². The van der Waals surface area contributed by atoms with Gasteiger partial charge in [-0.05, 0) is 61.2 Å². The topological polar surface area (TPSA) is 106 Å². The first-order chi connectivity index (χ1) is 17.8. The number of aliphatic hydroxyl groups excluding tert-OH is 1. The van der Waals surface area contributed by atoms with Gasteiger partial charge >= 0.3 is 0 Å². The number of hydrogen-bond donors (Lipinski definition) is 4. The summed E-state index contributed by atoms with van der Waals surface area (Å²) in [6.45, 7) is 8.69. The zero-order valence-corrected chi connectivity index (χ0v) is 22.0. The highest BCUT2D eigenvalue weighted by Gasteiger charge is 2.22. The second-order valence-electron chi connectivity index (χ2n) is 9.59. The van der Waals surface area contributed by atoms with E-state index in [1.807, 2.05) is 26.0 Å². The first kappa shape index (κ1) is 25.3. The van der Waals surface area contributed by atoms with Crippen LogP contribution in [0.5, 0.6) is 0 Å². The van der Waals surface area contributed by atoms with Gasteiger partial charge in [0.1, 0.15) is 11.4 Å². The summed E-state index contributed by atoms with van der Waals surface area (Å²) in [5.74, 6) is 0.473. The third-order valence-corrected chi connectivity index (χ3v) is 7.39. The van der Waals surface area contributed by atoms with Gasteiger partial charge in [-0.3, -0.25) is 4.79 Å². The molecule has 2 aromatic heterocycles. The molecule has 1 unspecified atom stereocenters. The Morgan fingerprint density at radius 1 is 1.24 bits per heavy atom. The molecule has 0 amide bonds. The van der Waals surface area contributed by atoms with E-state index in [2.05, 4.69) is 39.2 Å². The van der Waals surface area contributed by atoms with E-state index >= 15 is 0 Å². The molecule has 1 aliphatic rings. The average molecular weight is 522 g/mol. The van der Waals surface area contributed by atoms with Gasteiger partial charge in [-0.25, -0.2) is 4.98 Å². The van der Waals surface area contributed by atoms with E-state index in [0.29, 0.717) is 34.3 Å². The summed E-state index contributed by atoms with van der Waals surface area (Å²) in [6, 6.07) is 11.5. The highest BCUT2D eigenvalue weighted by molar-refractivity contribution is 6.31. The van der Waals surface area contributed by atoms with Crippen molar-refractivity contribution in [2.45, 2.75) is 39.4 Å². The number of benzene rings is 2. The lowest BCUT2D eigenvalue weighted by Gasteiger charge is -2.34. The minimum absolute atomic E-state index is 0.203. The minimum atomic E-state index is -0.800. The highest BCUT2D eigenvalue weighted by atomic mass is 35.5. The lowest BCUT2D eigenvalue weighted by molar-refractivity contribution is 0.0384. The third kappa shape index (κ3) is 5.23. The van der Waals surface area contributed by atoms with Crippen molar-refractivity contribution >= 4 is 34.0 Å². The number of imidazole rings is 1. The monoisotopic (exact) mass is 521 g/mol. The van der Waals surface area contributed by atoms with Crippen molar-refractivity contribution in [2.75, 3.05) is 36.5 Å². The van der Waals surface area contributed by atoms with Crippen LogP contribution >= 0.6 is 11.6 Å². The fourth-order valence-electron chi connectivity index (χ4n) is 4.78. The predicted octanol–water partition coefficient (Wildman–Crippen LogP) is 4.95. The molecule has 3 heterocycles. The molecule has 194 valence electrons. The van der Waals surface area contributed by atoms with E-state index in [-0.39, 0.29) is 18.2 Å². The molecule has 4 N–H and O–H groups in total. The molecule has 8 nitrogen and oxygen atoms in total. The molecule has 37 heavy (non-hydrogen) atoms. The highest BCUT2D eigenvalue weighted by Crippen LogP contribution is 2.30. The Kier molecular flexibility index (Phi) is 7.24. The molecule has 1 aliphatic heterocycles. The Bertz CT molecular complexity index is 1480. The Morgan fingerprint density at radius 3 is 2.86 bits per heavy atom. The SMILES string of the molecule is CCC1CN(c2cc(C)c3nc(-c4c(NC[C@@H](O)c5ccc(C)c(Cl)c5)cc[nH]c4=O)[nH]c3c2)CCO1. The zero-order valence-electron chi connectivity index (χ0n) is 21.3. The van der Waals surface area contributed by atoms with Crippen LogP contribution < -0.4 is 15.8 Å². The summed E-state index contributed by atoms with van der Waals surface area (Å²) in [5.41, 5.74) is 6.19. The van der Waals surface area contributed by atoms with Gasteiger partial charge in [0.05, 0.1) is 35.5 Å². The number of halogens is 1. The first-order valence-corrected chi connectivity index (χ1v) is 13.0. The van der Waals surface area contributed by atoms with Gasteiger partial charge in [0.15, 0.2) is 0 Å². The van der Waals surface area contributed by atoms with Crippen molar-refractivity contribution in [2.24, 2.45) is 0 Å². The van der Waals surface area contributed by atoms with Crippen LogP contribution in [0.25, 0.3) is 22.4 Å². The molecule has 5 rings (SSSR count). The van der Waals surface area contributed by atoms with Crippen LogP contribution in [-0.4, -0.2) is 52.4 Å². The normalized spacial score (nSPS) is 16.8. The molecule has 9 heteroatoms. The average Bonchev–Trinajstić information content (AvgIpc) is 3.33. The fraction of sp³-hybridized carbons (Fsp3) is 0.357. The molecule has 0 radical (unpaired) electrons. The van der Waals surface area contributed by atoms with E-state index in [0.717, 1.165) is 47.4 Å². The van der Waals surface area contributed by atoms with Gasteiger partial charge in [-0.15, -0.1) is 0 Å². The number of aliphatic hydroxyl groups is 1. The number of aromatic amines is 2. The van der Waals surface area contributed by atoms with Crippen molar-refractivity contribution in [3.63, 3.8) is 0 Å². The van der Waals surface area contributed by atoms with Gasteiger partial charge in [0, 0.05) is 36.5 Å². The molecule has 0 aliphatic carbocycles. The summed E-state index contributed by atoms with van der Waals surface area (Å²) in [5, 5.41) is 14.6. The third-order valence-electron chi connectivity index (χ3n) is 6.99. The van der Waals surface area contributed by atoms with Crippen LogP contribution in [0.2, 0.25) is 5.02 Å². The predicted molar refractivity (Wildman–Crippen MR) is 149 cm³/mol. The van der Waals surface area contributed by atoms with Crippen LogP contribution in [0, 0.1) is 13.8 Å². The summed E-state index contributed by atoms with van der Waals surface area (Å²) in [4.78, 5) is 26.2. The fourth-order valence-corrected chi connectivity index (χ4v) is 4.96. The second kappa shape index (κ2) is 10.6. The van der Waals surface area contributed by atoms with Gasteiger partial charge in [0.25, 0.3) is 5.56 Å². The number of rotatable bonds is 7. The number of anilines is 2. The number of morpholine rings is 1. The molecule has 2 atom stereocenters. The largest absolute Gasteiger partial charge is 0.387 e. The van der Waals surface area contributed by atoms with Crippen LogP contribution in [0.15, 0.2) is 47.4 Å². The van der Waals surface area contributed by atoms with Gasteiger partial charge < -0.3 is 30.0 Å². The number of nitrogens with one attached hydrogen (secondary N) is 3. The van der Waals surface area contributed by atoms with Crippen molar-refractivity contribution in [3.05, 3.63) is 74.7 Å². The number of nitrogens with zero attached hydrogens (tertiary/aromatic N) is 2. The second-order valence-corrected chi connectivity index (χ2v) is 10.00. The molecule has 2 aromatic carbocycles. The van der Waals surface area contributed by atoms with Crippen molar-refractivity contribution in [3.8, 4) is 11.4 Å². The number of H-pyrrole nitrogens is 2. The van der Waals surface area contributed by atoms with Gasteiger partial charge in [-0.1, -0.05) is 30.7 Å². The number of hydrogen-bond acceptors (Lipinski definition) is 6. The van der Waals surface area contributed by atoms with E-state index < -0.39 is 6.10 Å². The Balaban J connectivity index is 1.43. The number of aromatic nitrogens is 3. The molecule has 0 spiro atoms. The first-order valence-electron chi connectivity index (χ1n) is 12.6. The quantitative estimate of drug-likeness (QED) is 0.274. The lowest BCUT2D eigenvalue weighted by Crippen LogP contribution is -2.42. The number of pyridine rings is 1. The molecular formula is C28H32ClN5O3. The smallest absolute Gasteiger partial charge is 0.261 e. The number of fused-ring (bicyclic) bond motifs is 1. The Hall–Kier alpha value is -3.33. The molecule has 0 saturated carbocycles.